The lowest BCUT2D eigenvalue weighted by Crippen LogP contribution is -2.35. The summed E-state index contributed by atoms with van der Waals surface area (Å²) < 4.78 is 0. The van der Waals surface area contributed by atoms with Gasteiger partial charge >= 0.3 is 0 Å². The average molecular weight is 270 g/mol. The number of benzene rings is 1. The summed E-state index contributed by atoms with van der Waals surface area (Å²) in [5.41, 5.74) is 2.13. The number of anilines is 1. The van der Waals surface area contributed by atoms with Gasteiger partial charge in [-0.3, -0.25) is 4.79 Å². The molecule has 0 spiro atoms. The van der Waals surface area contributed by atoms with Crippen molar-refractivity contribution in [3.05, 3.63) is 29.8 Å². The van der Waals surface area contributed by atoms with E-state index in [0.717, 1.165) is 5.69 Å². The molecule has 82 valence electrons. The van der Waals surface area contributed by atoms with Gasteiger partial charge in [-0.05, 0) is 38.5 Å². The second kappa shape index (κ2) is 5.31. The molecule has 0 bridgehead atoms. The fourth-order valence-corrected chi connectivity index (χ4v) is 1.72. The number of carbonyl (C=O) groups is 1. The first-order valence-electron chi connectivity index (χ1n) is 5.08. The van der Waals surface area contributed by atoms with Crippen molar-refractivity contribution in [3.8, 4) is 0 Å². The molecule has 0 saturated carbocycles. The molecule has 0 saturated heterocycles. The summed E-state index contributed by atoms with van der Waals surface area (Å²) in [6, 6.07) is 7.99. The molecule has 2 nitrogen and oxygen atoms in total. The maximum Gasteiger partial charge on any atom is 0.240 e. The highest BCUT2D eigenvalue weighted by Gasteiger charge is 2.17. The zero-order valence-corrected chi connectivity index (χ0v) is 10.9. The molecule has 3 heteroatoms. The normalized spacial score (nSPS) is 12.3. The molecule has 1 aromatic carbocycles. The summed E-state index contributed by atoms with van der Waals surface area (Å²) in [5.74, 6) is 0.100. The minimum Gasteiger partial charge on any atom is -0.312 e. The van der Waals surface area contributed by atoms with Crippen LogP contribution in [0.4, 0.5) is 5.69 Å². The second-order valence-electron chi connectivity index (χ2n) is 3.54. The van der Waals surface area contributed by atoms with Gasteiger partial charge in [0.1, 0.15) is 0 Å². The van der Waals surface area contributed by atoms with Gasteiger partial charge in [-0.1, -0.05) is 28.1 Å². The highest BCUT2D eigenvalue weighted by atomic mass is 79.9. The van der Waals surface area contributed by atoms with Gasteiger partial charge in [-0.2, -0.15) is 0 Å². The van der Waals surface area contributed by atoms with Crippen LogP contribution in [0, 0.1) is 6.92 Å². The Labute approximate surface area is 99.4 Å². The van der Waals surface area contributed by atoms with E-state index in [0.29, 0.717) is 6.54 Å². The lowest BCUT2D eigenvalue weighted by molar-refractivity contribution is -0.117. The van der Waals surface area contributed by atoms with E-state index in [9.17, 15) is 4.79 Å². The number of aryl methyl sites for hydroxylation is 1. The lowest BCUT2D eigenvalue weighted by atomic mass is 10.2. The van der Waals surface area contributed by atoms with Crippen molar-refractivity contribution >= 4 is 27.5 Å². The van der Waals surface area contributed by atoms with E-state index < -0.39 is 0 Å². The number of carbonyl (C=O) groups excluding carboxylic acids is 1. The van der Waals surface area contributed by atoms with Crippen LogP contribution in [0.25, 0.3) is 0 Å². The lowest BCUT2D eigenvalue weighted by Gasteiger charge is -2.22. The van der Waals surface area contributed by atoms with Crippen LogP contribution >= 0.6 is 15.9 Å². The number of rotatable bonds is 3. The standard InChI is InChI=1S/C12H16BrNO/c1-4-14(12(15)10(3)13)11-7-5-6-9(2)8-11/h5-8,10H,4H2,1-3H3. The summed E-state index contributed by atoms with van der Waals surface area (Å²) in [5, 5.41) is 0. The Balaban J connectivity index is 2.97. The van der Waals surface area contributed by atoms with Gasteiger partial charge in [0.05, 0.1) is 4.83 Å². The van der Waals surface area contributed by atoms with Gasteiger partial charge < -0.3 is 4.90 Å². The SMILES string of the molecule is CCN(C(=O)C(C)Br)c1cccc(C)c1. The summed E-state index contributed by atoms with van der Waals surface area (Å²) >= 11 is 3.31. The van der Waals surface area contributed by atoms with E-state index in [2.05, 4.69) is 15.9 Å². The van der Waals surface area contributed by atoms with Crippen molar-refractivity contribution in [1.29, 1.82) is 0 Å². The van der Waals surface area contributed by atoms with Crippen molar-refractivity contribution in [2.45, 2.75) is 25.6 Å². The largest absolute Gasteiger partial charge is 0.312 e. The Bertz CT molecular complexity index is 349. The minimum absolute atomic E-state index is 0.100. The topological polar surface area (TPSA) is 20.3 Å². The van der Waals surface area contributed by atoms with E-state index in [4.69, 9.17) is 0 Å². The van der Waals surface area contributed by atoms with E-state index in [1.54, 1.807) is 4.90 Å². The zero-order valence-electron chi connectivity index (χ0n) is 9.33. The first-order valence-corrected chi connectivity index (χ1v) is 6.00. The van der Waals surface area contributed by atoms with Gasteiger partial charge in [0.15, 0.2) is 0 Å². The highest BCUT2D eigenvalue weighted by molar-refractivity contribution is 9.10. The Morgan fingerprint density at radius 1 is 1.53 bits per heavy atom. The molecule has 15 heavy (non-hydrogen) atoms. The van der Waals surface area contributed by atoms with Gasteiger partial charge in [-0.15, -0.1) is 0 Å². The highest BCUT2D eigenvalue weighted by Crippen LogP contribution is 2.18. The predicted octanol–water partition coefficient (Wildman–Crippen LogP) is 3.13. The summed E-state index contributed by atoms with van der Waals surface area (Å²) in [7, 11) is 0. The molecule has 0 aliphatic heterocycles. The van der Waals surface area contributed by atoms with Crippen LogP contribution in [0.5, 0.6) is 0 Å². The molecule has 0 aliphatic carbocycles. The second-order valence-corrected chi connectivity index (χ2v) is 4.91. The van der Waals surface area contributed by atoms with Crippen LogP contribution in [0.15, 0.2) is 24.3 Å². The third-order valence-corrected chi connectivity index (χ3v) is 2.63. The molecule has 1 rings (SSSR count). The van der Waals surface area contributed by atoms with Crippen molar-refractivity contribution in [2.24, 2.45) is 0 Å². The average Bonchev–Trinajstić information content (AvgIpc) is 2.18. The van der Waals surface area contributed by atoms with Crippen LogP contribution in [0.1, 0.15) is 19.4 Å². The fraction of sp³-hybridized carbons (Fsp3) is 0.417. The first-order chi connectivity index (χ1) is 7.06. The molecule has 0 N–H and O–H groups in total. The molecular weight excluding hydrogens is 254 g/mol. The molecule has 0 aromatic heterocycles. The molecular formula is C12H16BrNO. The predicted molar refractivity (Wildman–Crippen MR) is 67.6 cm³/mol. The number of hydrogen-bond donors (Lipinski definition) is 0. The van der Waals surface area contributed by atoms with Crippen LogP contribution in [-0.2, 0) is 4.79 Å². The van der Waals surface area contributed by atoms with Gasteiger partial charge in [-0.25, -0.2) is 0 Å². The summed E-state index contributed by atoms with van der Waals surface area (Å²) in [4.78, 5) is 13.5. The third-order valence-electron chi connectivity index (χ3n) is 2.24. The summed E-state index contributed by atoms with van der Waals surface area (Å²) in [6.45, 7) is 6.55. The molecule has 0 aliphatic rings. The number of halogens is 1. The van der Waals surface area contributed by atoms with E-state index >= 15 is 0 Å². The van der Waals surface area contributed by atoms with Gasteiger partial charge in [0.25, 0.3) is 0 Å². The molecule has 1 amide bonds. The van der Waals surface area contributed by atoms with Crippen molar-refractivity contribution < 1.29 is 4.79 Å². The van der Waals surface area contributed by atoms with Crippen molar-refractivity contribution in [3.63, 3.8) is 0 Å². The molecule has 1 atom stereocenters. The third kappa shape index (κ3) is 3.06. The minimum atomic E-state index is -0.141. The van der Waals surface area contributed by atoms with Crippen molar-refractivity contribution in [1.82, 2.24) is 0 Å². The zero-order chi connectivity index (χ0) is 11.4. The quantitative estimate of drug-likeness (QED) is 0.773. The van der Waals surface area contributed by atoms with Gasteiger partial charge in [0.2, 0.25) is 5.91 Å². The van der Waals surface area contributed by atoms with Crippen LogP contribution < -0.4 is 4.90 Å². The van der Waals surface area contributed by atoms with Crippen LogP contribution in [0.2, 0.25) is 0 Å². The smallest absolute Gasteiger partial charge is 0.240 e. The Kier molecular flexibility index (Phi) is 4.33. The molecule has 0 radical (unpaired) electrons. The number of nitrogens with zero attached hydrogens (tertiary/aromatic N) is 1. The molecule has 0 fully saturated rings. The van der Waals surface area contributed by atoms with Crippen LogP contribution in [-0.4, -0.2) is 17.3 Å². The Hall–Kier alpha value is -0.830. The number of hydrogen-bond acceptors (Lipinski definition) is 1. The van der Waals surface area contributed by atoms with Crippen molar-refractivity contribution in [2.75, 3.05) is 11.4 Å². The Morgan fingerprint density at radius 3 is 2.67 bits per heavy atom. The van der Waals surface area contributed by atoms with Gasteiger partial charge in [0, 0.05) is 12.2 Å². The number of amides is 1. The Morgan fingerprint density at radius 2 is 2.20 bits per heavy atom. The maximum absolute atomic E-state index is 11.9. The summed E-state index contributed by atoms with van der Waals surface area (Å²) in [6.07, 6.45) is 0. The molecule has 0 heterocycles. The molecule has 1 unspecified atom stereocenters. The first kappa shape index (κ1) is 12.2. The fourth-order valence-electron chi connectivity index (χ4n) is 1.48. The molecule has 1 aromatic rings. The maximum atomic E-state index is 11.9. The van der Waals surface area contributed by atoms with E-state index in [-0.39, 0.29) is 10.7 Å². The number of alkyl halides is 1. The van der Waals surface area contributed by atoms with E-state index in [1.165, 1.54) is 5.56 Å². The van der Waals surface area contributed by atoms with Crippen LogP contribution in [0.3, 0.4) is 0 Å². The van der Waals surface area contributed by atoms with E-state index in [1.807, 2.05) is 45.0 Å². The monoisotopic (exact) mass is 269 g/mol.